The monoisotopic (exact) mass is 355 g/mol. The van der Waals surface area contributed by atoms with E-state index in [2.05, 4.69) is 10.6 Å². The van der Waals surface area contributed by atoms with E-state index in [1.165, 1.54) is 0 Å². The Labute approximate surface area is 133 Å². The predicted octanol–water partition coefficient (Wildman–Crippen LogP) is 2.74. The number of amides is 1. The SMILES string of the molecule is NC1(C(=O)Nc2cc(C(F)(F)F)cc(C(F)(F)F)c2)CCNCC1. The molecule has 0 saturated carbocycles. The molecule has 0 aromatic heterocycles. The van der Waals surface area contributed by atoms with Crippen molar-refractivity contribution in [3.63, 3.8) is 0 Å². The zero-order chi connectivity index (χ0) is 18.2. The van der Waals surface area contributed by atoms with E-state index < -0.39 is 40.6 Å². The van der Waals surface area contributed by atoms with Crippen LogP contribution in [0.25, 0.3) is 0 Å². The minimum atomic E-state index is -4.98. The van der Waals surface area contributed by atoms with E-state index in [9.17, 15) is 31.1 Å². The molecule has 1 amide bonds. The molecule has 1 saturated heterocycles. The second-order valence-electron chi connectivity index (χ2n) is 5.65. The lowest BCUT2D eigenvalue weighted by atomic mass is 9.88. The number of benzene rings is 1. The molecule has 0 aliphatic carbocycles. The molecule has 1 aromatic carbocycles. The highest BCUT2D eigenvalue weighted by molar-refractivity contribution is 5.98. The third-order valence-electron chi connectivity index (χ3n) is 3.79. The molecule has 1 aliphatic rings. The summed E-state index contributed by atoms with van der Waals surface area (Å²) in [5.41, 5.74) is 0.982. The van der Waals surface area contributed by atoms with Crippen LogP contribution in [-0.2, 0) is 17.1 Å². The van der Waals surface area contributed by atoms with Gasteiger partial charge in [-0.15, -0.1) is 0 Å². The van der Waals surface area contributed by atoms with E-state index in [0.717, 1.165) is 0 Å². The number of carbonyl (C=O) groups is 1. The van der Waals surface area contributed by atoms with Crippen molar-refractivity contribution in [2.75, 3.05) is 18.4 Å². The lowest BCUT2D eigenvalue weighted by Crippen LogP contribution is -2.56. The summed E-state index contributed by atoms with van der Waals surface area (Å²) in [5, 5.41) is 5.04. The molecule has 10 heteroatoms. The Balaban J connectivity index is 2.33. The largest absolute Gasteiger partial charge is 0.416 e. The lowest BCUT2D eigenvalue weighted by molar-refractivity contribution is -0.143. The maximum Gasteiger partial charge on any atom is 0.416 e. The second-order valence-corrected chi connectivity index (χ2v) is 5.65. The number of anilines is 1. The molecule has 4 N–H and O–H groups in total. The summed E-state index contributed by atoms with van der Waals surface area (Å²) < 4.78 is 76.7. The first kappa shape index (κ1) is 18.5. The fraction of sp³-hybridized carbons (Fsp3) is 0.500. The number of halogens is 6. The molecule has 1 aromatic rings. The molecule has 0 atom stereocenters. The molecule has 134 valence electrons. The highest BCUT2D eigenvalue weighted by Gasteiger charge is 2.39. The van der Waals surface area contributed by atoms with Crippen LogP contribution in [0.15, 0.2) is 18.2 Å². The van der Waals surface area contributed by atoms with Gasteiger partial charge >= 0.3 is 12.4 Å². The Morgan fingerprint density at radius 1 is 1.00 bits per heavy atom. The van der Waals surface area contributed by atoms with Crippen molar-refractivity contribution in [3.05, 3.63) is 29.3 Å². The topological polar surface area (TPSA) is 67.2 Å². The van der Waals surface area contributed by atoms with Gasteiger partial charge in [0.1, 0.15) is 0 Å². The van der Waals surface area contributed by atoms with Gasteiger partial charge in [-0.25, -0.2) is 0 Å². The minimum Gasteiger partial charge on any atom is -0.324 e. The van der Waals surface area contributed by atoms with Gasteiger partial charge in [-0.2, -0.15) is 26.3 Å². The van der Waals surface area contributed by atoms with Crippen molar-refractivity contribution in [1.29, 1.82) is 0 Å². The van der Waals surface area contributed by atoms with Crippen LogP contribution >= 0.6 is 0 Å². The van der Waals surface area contributed by atoms with Gasteiger partial charge in [-0.3, -0.25) is 4.79 Å². The van der Waals surface area contributed by atoms with Crippen LogP contribution in [-0.4, -0.2) is 24.5 Å². The first-order valence-corrected chi connectivity index (χ1v) is 7.02. The van der Waals surface area contributed by atoms with Crippen molar-refractivity contribution in [3.8, 4) is 0 Å². The molecule has 0 radical (unpaired) electrons. The van der Waals surface area contributed by atoms with Crippen LogP contribution in [0, 0.1) is 0 Å². The molecule has 0 bridgehead atoms. The molecule has 2 rings (SSSR count). The molecule has 1 aliphatic heterocycles. The van der Waals surface area contributed by atoms with Gasteiger partial charge in [0.25, 0.3) is 0 Å². The maximum absolute atomic E-state index is 12.8. The van der Waals surface area contributed by atoms with Crippen LogP contribution in [0.4, 0.5) is 32.0 Å². The van der Waals surface area contributed by atoms with Gasteiger partial charge in [0, 0.05) is 5.69 Å². The second kappa shape index (κ2) is 6.25. The summed E-state index contributed by atoms with van der Waals surface area (Å²) in [6.45, 7) is 0.862. The van der Waals surface area contributed by atoms with Gasteiger partial charge in [0.15, 0.2) is 0 Å². The van der Waals surface area contributed by atoms with Crippen molar-refractivity contribution < 1.29 is 31.1 Å². The number of hydrogen-bond acceptors (Lipinski definition) is 3. The van der Waals surface area contributed by atoms with Crippen molar-refractivity contribution in [2.24, 2.45) is 5.73 Å². The van der Waals surface area contributed by atoms with Crippen LogP contribution in [0.1, 0.15) is 24.0 Å². The van der Waals surface area contributed by atoms with Gasteiger partial charge in [-0.05, 0) is 44.1 Å². The van der Waals surface area contributed by atoms with Crippen molar-refractivity contribution >= 4 is 11.6 Å². The average molecular weight is 355 g/mol. The summed E-state index contributed by atoms with van der Waals surface area (Å²) >= 11 is 0. The molecular formula is C14H15F6N3O. The van der Waals surface area contributed by atoms with Crippen LogP contribution in [0.3, 0.4) is 0 Å². The zero-order valence-corrected chi connectivity index (χ0v) is 12.3. The van der Waals surface area contributed by atoms with E-state index >= 15 is 0 Å². The number of nitrogens with two attached hydrogens (primary N) is 1. The molecule has 1 heterocycles. The van der Waals surface area contributed by atoms with E-state index in [-0.39, 0.29) is 18.9 Å². The number of piperidine rings is 1. The van der Waals surface area contributed by atoms with E-state index in [0.29, 0.717) is 25.2 Å². The van der Waals surface area contributed by atoms with Gasteiger partial charge in [-0.1, -0.05) is 0 Å². The Kier molecular flexibility index (Phi) is 4.82. The van der Waals surface area contributed by atoms with Crippen LogP contribution in [0.5, 0.6) is 0 Å². The first-order chi connectivity index (χ1) is 10.9. The fourth-order valence-electron chi connectivity index (χ4n) is 2.38. The number of carbonyl (C=O) groups excluding carboxylic acids is 1. The molecular weight excluding hydrogens is 340 g/mol. The number of hydrogen-bond donors (Lipinski definition) is 3. The first-order valence-electron chi connectivity index (χ1n) is 7.02. The quantitative estimate of drug-likeness (QED) is 0.715. The third-order valence-corrected chi connectivity index (χ3v) is 3.79. The lowest BCUT2D eigenvalue weighted by Gasteiger charge is -2.32. The Morgan fingerprint density at radius 3 is 1.88 bits per heavy atom. The van der Waals surface area contributed by atoms with E-state index in [4.69, 9.17) is 5.73 Å². The Bertz CT molecular complexity index is 588. The number of nitrogens with one attached hydrogen (secondary N) is 2. The number of alkyl halides is 6. The third kappa shape index (κ3) is 4.18. The highest BCUT2D eigenvalue weighted by Crippen LogP contribution is 2.37. The van der Waals surface area contributed by atoms with Crippen LogP contribution < -0.4 is 16.4 Å². The standard InChI is InChI=1S/C14H15F6N3O/c15-13(16,17)8-5-9(14(18,19)20)7-10(6-8)23-11(24)12(21)1-3-22-4-2-12/h5-7,22H,1-4,21H2,(H,23,24). The Hall–Kier alpha value is -1.81. The van der Waals surface area contributed by atoms with Crippen molar-refractivity contribution in [1.82, 2.24) is 5.32 Å². The summed E-state index contributed by atoms with van der Waals surface area (Å²) in [6.07, 6.45) is -9.50. The van der Waals surface area contributed by atoms with Gasteiger partial charge in [0.2, 0.25) is 5.91 Å². The van der Waals surface area contributed by atoms with E-state index in [1.807, 2.05) is 0 Å². The average Bonchev–Trinajstić information content (AvgIpc) is 2.46. The predicted molar refractivity (Wildman–Crippen MR) is 74.1 cm³/mol. The summed E-state index contributed by atoms with van der Waals surface area (Å²) in [4.78, 5) is 12.2. The van der Waals surface area contributed by atoms with E-state index in [1.54, 1.807) is 0 Å². The molecule has 24 heavy (non-hydrogen) atoms. The molecule has 4 nitrogen and oxygen atoms in total. The smallest absolute Gasteiger partial charge is 0.324 e. The summed E-state index contributed by atoms with van der Waals surface area (Å²) in [5.74, 6) is -0.809. The number of rotatable bonds is 2. The van der Waals surface area contributed by atoms with Crippen LogP contribution in [0.2, 0.25) is 0 Å². The fourth-order valence-corrected chi connectivity index (χ4v) is 2.38. The molecule has 0 unspecified atom stereocenters. The molecule has 0 spiro atoms. The normalized spacial score (nSPS) is 18.3. The minimum absolute atomic E-state index is 0.00159. The summed E-state index contributed by atoms with van der Waals surface area (Å²) in [6, 6.07) is 0.910. The molecule has 1 fully saturated rings. The van der Waals surface area contributed by atoms with Crippen molar-refractivity contribution in [2.45, 2.75) is 30.7 Å². The van der Waals surface area contributed by atoms with Gasteiger partial charge in [0.05, 0.1) is 16.7 Å². The Morgan fingerprint density at radius 2 is 1.46 bits per heavy atom. The summed E-state index contributed by atoms with van der Waals surface area (Å²) in [7, 11) is 0. The zero-order valence-electron chi connectivity index (χ0n) is 12.3. The highest BCUT2D eigenvalue weighted by atomic mass is 19.4. The van der Waals surface area contributed by atoms with Gasteiger partial charge < -0.3 is 16.4 Å². The maximum atomic E-state index is 12.8.